The highest BCUT2D eigenvalue weighted by Gasteiger charge is 2.34. The van der Waals surface area contributed by atoms with Crippen molar-refractivity contribution in [2.45, 2.75) is 51.9 Å². The lowest BCUT2D eigenvalue weighted by Gasteiger charge is -2.29. The van der Waals surface area contributed by atoms with Crippen LogP contribution in [-0.4, -0.2) is 25.6 Å². The van der Waals surface area contributed by atoms with E-state index in [9.17, 15) is 10.2 Å². The van der Waals surface area contributed by atoms with Gasteiger partial charge in [-0.3, -0.25) is 4.68 Å². The van der Waals surface area contributed by atoms with E-state index < -0.39 is 11.7 Å². The van der Waals surface area contributed by atoms with Crippen LogP contribution < -0.4 is 0 Å². The molecule has 0 aliphatic carbocycles. The Labute approximate surface area is 101 Å². The van der Waals surface area contributed by atoms with Crippen LogP contribution in [0.5, 0.6) is 0 Å². The van der Waals surface area contributed by atoms with Gasteiger partial charge in [0.25, 0.3) is 0 Å². The summed E-state index contributed by atoms with van der Waals surface area (Å²) in [6, 6.07) is 0.0878. The summed E-state index contributed by atoms with van der Waals surface area (Å²) >= 11 is 5.99. The van der Waals surface area contributed by atoms with Gasteiger partial charge in [0.15, 0.2) is 0 Å². The average molecular weight is 247 g/mol. The fourth-order valence-electron chi connectivity index (χ4n) is 1.51. The van der Waals surface area contributed by atoms with E-state index in [4.69, 9.17) is 11.6 Å². The lowest BCUT2D eigenvalue weighted by atomic mass is 9.93. The van der Waals surface area contributed by atoms with Crippen molar-refractivity contribution in [3.05, 3.63) is 16.9 Å². The monoisotopic (exact) mass is 246 g/mol. The fourth-order valence-corrected chi connectivity index (χ4v) is 1.74. The zero-order valence-electron chi connectivity index (χ0n) is 10.1. The molecule has 0 amide bonds. The van der Waals surface area contributed by atoms with E-state index >= 15 is 0 Å². The van der Waals surface area contributed by atoms with Gasteiger partial charge in [-0.15, -0.1) is 0 Å². The molecular weight excluding hydrogens is 228 g/mol. The van der Waals surface area contributed by atoms with Crippen molar-refractivity contribution in [1.82, 2.24) is 9.78 Å². The first kappa shape index (κ1) is 13.5. The zero-order valence-corrected chi connectivity index (χ0v) is 10.9. The lowest BCUT2D eigenvalue weighted by Crippen LogP contribution is -2.33. The quantitative estimate of drug-likeness (QED) is 0.857. The number of aliphatic hydroxyl groups excluding tert-OH is 1. The normalized spacial score (nSPS) is 17.5. The van der Waals surface area contributed by atoms with Crippen molar-refractivity contribution in [3.63, 3.8) is 0 Å². The molecule has 1 rings (SSSR count). The molecule has 92 valence electrons. The first-order valence-electron chi connectivity index (χ1n) is 5.44. The molecule has 4 nitrogen and oxygen atoms in total. The highest BCUT2D eigenvalue weighted by Crippen LogP contribution is 2.33. The van der Waals surface area contributed by atoms with Gasteiger partial charge in [-0.2, -0.15) is 5.10 Å². The van der Waals surface area contributed by atoms with Gasteiger partial charge in [0.1, 0.15) is 6.10 Å². The van der Waals surface area contributed by atoms with E-state index in [1.165, 1.54) is 6.20 Å². The molecule has 2 unspecified atom stereocenters. The Bertz CT molecular complexity index is 361. The number of halogens is 1. The number of rotatable bonds is 4. The van der Waals surface area contributed by atoms with E-state index in [0.717, 1.165) is 0 Å². The Kier molecular flexibility index (Phi) is 3.99. The fraction of sp³-hybridized carbons (Fsp3) is 0.727. The van der Waals surface area contributed by atoms with Gasteiger partial charge < -0.3 is 10.2 Å². The minimum Gasteiger partial charge on any atom is -0.387 e. The maximum absolute atomic E-state index is 10.2. The van der Waals surface area contributed by atoms with Crippen LogP contribution in [0.2, 0.25) is 5.02 Å². The summed E-state index contributed by atoms with van der Waals surface area (Å²) in [7, 11) is 0. The summed E-state index contributed by atoms with van der Waals surface area (Å²) in [6.07, 6.45) is 0.898. The van der Waals surface area contributed by atoms with Gasteiger partial charge >= 0.3 is 0 Å². The number of nitrogens with zero attached hydrogens (tertiary/aromatic N) is 2. The van der Waals surface area contributed by atoms with E-state index in [1.807, 2.05) is 20.8 Å². The third-order valence-corrected chi connectivity index (χ3v) is 3.13. The highest BCUT2D eigenvalue weighted by atomic mass is 35.5. The summed E-state index contributed by atoms with van der Waals surface area (Å²) in [5, 5.41) is 24.7. The second kappa shape index (κ2) is 4.73. The number of hydrogen-bond acceptors (Lipinski definition) is 3. The summed E-state index contributed by atoms with van der Waals surface area (Å²) in [6.45, 7) is 7.29. The maximum Gasteiger partial charge on any atom is 0.125 e. The Morgan fingerprint density at radius 3 is 2.56 bits per heavy atom. The lowest BCUT2D eigenvalue weighted by molar-refractivity contribution is -0.0699. The molecule has 0 saturated heterocycles. The molecule has 0 spiro atoms. The van der Waals surface area contributed by atoms with Crippen molar-refractivity contribution in [2.24, 2.45) is 0 Å². The Hall–Kier alpha value is -0.580. The van der Waals surface area contributed by atoms with Crippen molar-refractivity contribution in [3.8, 4) is 0 Å². The molecule has 0 fully saturated rings. The molecule has 0 saturated carbocycles. The van der Waals surface area contributed by atoms with Gasteiger partial charge in [0.2, 0.25) is 0 Å². The van der Waals surface area contributed by atoms with Crippen molar-refractivity contribution in [2.75, 3.05) is 0 Å². The van der Waals surface area contributed by atoms with Crippen LogP contribution in [0, 0.1) is 0 Å². The van der Waals surface area contributed by atoms with Crippen LogP contribution in [0.25, 0.3) is 0 Å². The van der Waals surface area contributed by atoms with Crippen LogP contribution in [0.15, 0.2) is 6.20 Å². The molecular formula is C11H19ClN2O2. The van der Waals surface area contributed by atoms with Gasteiger partial charge in [0, 0.05) is 6.04 Å². The van der Waals surface area contributed by atoms with Gasteiger partial charge in [0.05, 0.1) is 22.5 Å². The molecule has 5 heteroatoms. The molecule has 0 aromatic carbocycles. The predicted octanol–water partition coefficient (Wildman–Crippen LogP) is 2.31. The van der Waals surface area contributed by atoms with Gasteiger partial charge in [-0.1, -0.05) is 18.5 Å². The largest absolute Gasteiger partial charge is 0.387 e. The second-order valence-corrected chi connectivity index (χ2v) is 4.94. The summed E-state index contributed by atoms with van der Waals surface area (Å²) in [5.41, 5.74) is -0.723. The second-order valence-electron chi connectivity index (χ2n) is 4.53. The predicted molar refractivity (Wildman–Crippen MR) is 63.5 cm³/mol. The SMILES string of the molecule is CCC(C)(O)C(O)c1c(Cl)cnn1C(C)C. The highest BCUT2D eigenvalue weighted by molar-refractivity contribution is 6.31. The molecule has 2 N–H and O–H groups in total. The maximum atomic E-state index is 10.2. The Morgan fingerprint density at radius 1 is 1.56 bits per heavy atom. The van der Waals surface area contributed by atoms with E-state index in [-0.39, 0.29) is 6.04 Å². The van der Waals surface area contributed by atoms with Gasteiger partial charge in [-0.05, 0) is 27.2 Å². The topological polar surface area (TPSA) is 58.3 Å². The van der Waals surface area contributed by atoms with Crippen LogP contribution in [0.1, 0.15) is 52.0 Å². The first-order chi connectivity index (χ1) is 7.31. The summed E-state index contributed by atoms with van der Waals surface area (Å²) < 4.78 is 1.64. The Morgan fingerprint density at radius 2 is 2.12 bits per heavy atom. The molecule has 1 heterocycles. The third kappa shape index (κ3) is 2.39. The van der Waals surface area contributed by atoms with Crippen molar-refractivity contribution < 1.29 is 10.2 Å². The third-order valence-electron chi connectivity index (χ3n) is 2.84. The van der Waals surface area contributed by atoms with Crippen molar-refractivity contribution >= 4 is 11.6 Å². The molecule has 2 atom stereocenters. The summed E-state index contributed by atoms with van der Waals surface area (Å²) in [5.74, 6) is 0. The van der Waals surface area contributed by atoms with Crippen LogP contribution in [0.4, 0.5) is 0 Å². The summed E-state index contributed by atoms with van der Waals surface area (Å²) in [4.78, 5) is 0. The average Bonchev–Trinajstić information content (AvgIpc) is 2.59. The minimum absolute atomic E-state index is 0.0878. The molecule has 0 aliphatic rings. The van der Waals surface area contributed by atoms with E-state index in [1.54, 1.807) is 11.6 Å². The molecule has 0 radical (unpaired) electrons. The van der Waals surface area contributed by atoms with E-state index in [2.05, 4.69) is 5.10 Å². The number of aliphatic hydroxyl groups is 2. The molecule has 0 aliphatic heterocycles. The zero-order chi connectivity index (χ0) is 12.5. The Balaban J connectivity index is 3.17. The van der Waals surface area contributed by atoms with Crippen LogP contribution in [0.3, 0.4) is 0 Å². The van der Waals surface area contributed by atoms with Crippen molar-refractivity contribution in [1.29, 1.82) is 0 Å². The smallest absolute Gasteiger partial charge is 0.125 e. The standard InChI is InChI=1S/C11H19ClN2O2/c1-5-11(4,16)10(15)9-8(12)6-13-14(9)7(2)3/h6-7,10,15-16H,5H2,1-4H3. The van der Waals surface area contributed by atoms with Crippen LogP contribution >= 0.6 is 11.6 Å². The molecule has 16 heavy (non-hydrogen) atoms. The van der Waals surface area contributed by atoms with E-state index in [0.29, 0.717) is 17.1 Å². The molecule has 1 aromatic heterocycles. The number of hydrogen-bond donors (Lipinski definition) is 2. The molecule has 0 bridgehead atoms. The molecule has 1 aromatic rings. The number of aromatic nitrogens is 2. The minimum atomic E-state index is -1.20. The van der Waals surface area contributed by atoms with Gasteiger partial charge in [-0.25, -0.2) is 0 Å². The van der Waals surface area contributed by atoms with Crippen LogP contribution in [-0.2, 0) is 0 Å². The first-order valence-corrected chi connectivity index (χ1v) is 5.82.